The highest BCUT2D eigenvalue weighted by atomic mass is 16.2. The van der Waals surface area contributed by atoms with Gasteiger partial charge in [0.1, 0.15) is 0 Å². The molecule has 0 N–H and O–H groups in total. The van der Waals surface area contributed by atoms with Gasteiger partial charge in [-0.25, -0.2) is 0 Å². The zero-order chi connectivity index (χ0) is 19.4. The van der Waals surface area contributed by atoms with E-state index in [2.05, 4.69) is 30.8 Å². The number of carbonyl (C=O) groups is 2. The number of carbonyl (C=O) groups excluding carboxylic acids is 2. The van der Waals surface area contributed by atoms with Crippen LogP contribution in [-0.2, 0) is 4.79 Å². The molecule has 3 rings (SSSR count). The monoisotopic (exact) mass is 371 g/mol. The molecular weight excluding hydrogens is 338 g/mol. The second kappa shape index (κ2) is 8.42. The number of benzene rings is 1. The summed E-state index contributed by atoms with van der Waals surface area (Å²) in [6.07, 6.45) is 3.50. The summed E-state index contributed by atoms with van der Waals surface area (Å²) in [5, 5.41) is 0. The van der Waals surface area contributed by atoms with Crippen LogP contribution in [-0.4, -0.2) is 73.3 Å². The Morgan fingerprint density at radius 1 is 1.07 bits per heavy atom. The molecule has 5 heteroatoms. The van der Waals surface area contributed by atoms with Crippen LogP contribution in [0.25, 0.3) is 0 Å². The molecule has 27 heavy (non-hydrogen) atoms. The standard InChI is InChI=1S/C22H33N3O2/c1-4-22(21(27)25-13-10-18(17-25)16-23(2)3)11-14-24(15-12-22)20(26)19-8-6-5-7-9-19/h5-9,18H,4,10-17H2,1-3H3. The van der Waals surface area contributed by atoms with Crippen LogP contribution in [0, 0.1) is 11.3 Å². The number of hydrogen-bond acceptors (Lipinski definition) is 3. The molecule has 2 heterocycles. The second-order valence-corrected chi connectivity index (χ2v) is 8.46. The van der Waals surface area contributed by atoms with E-state index in [1.54, 1.807) is 0 Å². The van der Waals surface area contributed by atoms with Crippen LogP contribution < -0.4 is 0 Å². The van der Waals surface area contributed by atoms with E-state index in [1.807, 2.05) is 35.2 Å². The van der Waals surface area contributed by atoms with Crippen molar-refractivity contribution in [3.8, 4) is 0 Å². The second-order valence-electron chi connectivity index (χ2n) is 8.46. The quantitative estimate of drug-likeness (QED) is 0.799. The maximum Gasteiger partial charge on any atom is 0.253 e. The van der Waals surface area contributed by atoms with Crippen LogP contribution in [0.15, 0.2) is 30.3 Å². The van der Waals surface area contributed by atoms with Crippen molar-refractivity contribution >= 4 is 11.8 Å². The van der Waals surface area contributed by atoms with E-state index in [0.717, 1.165) is 50.9 Å². The van der Waals surface area contributed by atoms with Gasteiger partial charge in [-0.3, -0.25) is 9.59 Å². The average Bonchev–Trinajstić information content (AvgIpc) is 3.15. The molecule has 0 aromatic heterocycles. The van der Waals surface area contributed by atoms with E-state index in [1.165, 1.54) is 0 Å². The summed E-state index contributed by atoms with van der Waals surface area (Å²) in [5.74, 6) is 0.982. The summed E-state index contributed by atoms with van der Waals surface area (Å²) >= 11 is 0. The van der Waals surface area contributed by atoms with Crippen LogP contribution in [0.1, 0.15) is 43.0 Å². The lowest BCUT2D eigenvalue weighted by Crippen LogP contribution is -2.50. The van der Waals surface area contributed by atoms with Crippen molar-refractivity contribution in [1.82, 2.24) is 14.7 Å². The van der Waals surface area contributed by atoms with Crippen molar-refractivity contribution in [3.05, 3.63) is 35.9 Å². The number of hydrogen-bond donors (Lipinski definition) is 0. The van der Waals surface area contributed by atoms with Crippen LogP contribution >= 0.6 is 0 Å². The first kappa shape index (κ1) is 19.9. The van der Waals surface area contributed by atoms with Crippen molar-refractivity contribution in [1.29, 1.82) is 0 Å². The predicted octanol–water partition coefficient (Wildman–Crippen LogP) is 2.73. The first-order chi connectivity index (χ1) is 12.9. The van der Waals surface area contributed by atoms with Crippen LogP contribution in [0.5, 0.6) is 0 Å². The molecule has 2 aliphatic heterocycles. The van der Waals surface area contributed by atoms with E-state index in [9.17, 15) is 9.59 Å². The van der Waals surface area contributed by atoms with Crippen molar-refractivity contribution in [2.75, 3.05) is 46.8 Å². The Kier molecular flexibility index (Phi) is 6.20. The minimum Gasteiger partial charge on any atom is -0.342 e. The summed E-state index contributed by atoms with van der Waals surface area (Å²) in [7, 11) is 4.19. The third kappa shape index (κ3) is 4.34. The molecule has 2 aliphatic rings. The number of nitrogens with zero attached hydrogens (tertiary/aromatic N) is 3. The van der Waals surface area contributed by atoms with Gasteiger partial charge >= 0.3 is 0 Å². The molecule has 0 saturated carbocycles. The van der Waals surface area contributed by atoms with Gasteiger partial charge in [0.15, 0.2) is 0 Å². The Morgan fingerprint density at radius 2 is 1.74 bits per heavy atom. The highest BCUT2D eigenvalue weighted by molar-refractivity contribution is 5.94. The molecule has 2 amide bonds. The molecule has 1 atom stereocenters. The Hall–Kier alpha value is -1.88. The lowest BCUT2D eigenvalue weighted by molar-refractivity contribution is -0.144. The first-order valence-corrected chi connectivity index (χ1v) is 10.2. The maximum absolute atomic E-state index is 13.3. The van der Waals surface area contributed by atoms with Gasteiger partial charge in [0.25, 0.3) is 5.91 Å². The summed E-state index contributed by atoms with van der Waals surface area (Å²) in [6, 6.07) is 9.45. The fourth-order valence-electron chi connectivity index (χ4n) is 4.64. The lowest BCUT2D eigenvalue weighted by Gasteiger charge is -2.42. The van der Waals surface area contributed by atoms with Gasteiger partial charge in [-0.1, -0.05) is 25.1 Å². The topological polar surface area (TPSA) is 43.9 Å². The van der Waals surface area contributed by atoms with Crippen molar-refractivity contribution < 1.29 is 9.59 Å². The summed E-state index contributed by atoms with van der Waals surface area (Å²) in [6.45, 7) is 6.27. The zero-order valence-electron chi connectivity index (χ0n) is 17.0. The average molecular weight is 372 g/mol. The van der Waals surface area contributed by atoms with Crippen LogP contribution in [0.3, 0.4) is 0 Å². The Bertz CT molecular complexity index is 651. The van der Waals surface area contributed by atoms with Crippen molar-refractivity contribution in [2.24, 2.45) is 11.3 Å². The number of likely N-dealkylation sites (tertiary alicyclic amines) is 2. The molecule has 5 nitrogen and oxygen atoms in total. The van der Waals surface area contributed by atoms with Gasteiger partial charge in [0, 0.05) is 38.3 Å². The molecule has 1 aromatic rings. The molecule has 148 valence electrons. The summed E-state index contributed by atoms with van der Waals surface area (Å²) < 4.78 is 0. The van der Waals surface area contributed by atoms with Gasteiger partial charge in [-0.15, -0.1) is 0 Å². The van der Waals surface area contributed by atoms with Gasteiger partial charge in [0.05, 0.1) is 5.41 Å². The number of rotatable bonds is 5. The smallest absolute Gasteiger partial charge is 0.253 e. The lowest BCUT2D eigenvalue weighted by atomic mass is 9.74. The normalized spacial score (nSPS) is 22.3. The van der Waals surface area contributed by atoms with Crippen LogP contribution in [0.4, 0.5) is 0 Å². The fourth-order valence-corrected chi connectivity index (χ4v) is 4.64. The fraction of sp³-hybridized carbons (Fsp3) is 0.636. The Balaban J connectivity index is 1.61. The highest BCUT2D eigenvalue weighted by Crippen LogP contribution is 2.38. The van der Waals surface area contributed by atoms with Crippen molar-refractivity contribution in [2.45, 2.75) is 32.6 Å². The molecule has 0 spiro atoms. The third-order valence-corrected chi connectivity index (χ3v) is 6.36. The minimum absolute atomic E-state index is 0.0833. The van der Waals surface area contributed by atoms with E-state index in [-0.39, 0.29) is 11.3 Å². The molecule has 0 bridgehead atoms. The van der Waals surface area contributed by atoms with E-state index in [0.29, 0.717) is 24.9 Å². The molecule has 0 aliphatic carbocycles. The van der Waals surface area contributed by atoms with Gasteiger partial charge in [0.2, 0.25) is 5.91 Å². The first-order valence-electron chi connectivity index (χ1n) is 10.2. The highest BCUT2D eigenvalue weighted by Gasteiger charge is 2.44. The predicted molar refractivity (Wildman–Crippen MR) is 108 cm³/mol. The zero-order valence-corrected chi connectivity index (χ0v) is 17.0. The van der Waals surface area contributed by atoms with E-state index in [4.69, 9.17) is 0 Å². The molecule has 2 saturated heterocycles. The minimum atomic E-state index is -0.291. The molecule has 1 unspecified atom stereocenters. The molecule has 0 radical (unpaired) electrons. The third-order valence-electron chi connectivity index (χ3n) is 6.36. The Labute approximate surface area is 163 Å². The largest absolute Gasteiger partial charge is 0.342 e. The summed E-state index contributed by atoms with van der Waals surface area (Å²) in [5.41, 5.74) is 0.444. The Morgan fingerprint density at radius 3 is 2.33 bits per heavy atom. The molecular formula is C22H33N3O2. The number of piperidine rings is 1. The van der Waals surface area contributed by atoms with E-state index >= 15 is 0 Å². The van der Waals surface area contributed by atoms with Crippen molar-refractivity contribution in [3.63, 3.8) is 0 Å². The van der Waals surface area contributed by atoms with Gasteiger partial charge < -0.3 is 14.7 Å². The number of amides is 2. The molecule has 1 aromatic carbocycles. The SMILES string of the molecule is CCC1(C(=O)N2CCC(CN(C)C)C2)CCN(C(=O)c2ccccc2)CC1. The summed E-state index contributed by atoms with van der Waals surface area (Å²) in [4.78, 5) is 32.2. The molecule has 2 fully saturated rings. The van der Waals surface area contributed by atoms with Gasteiger partial charge in [-0.05, 0) is 57.8 Å². The van der Waals surface area contributed by atoms with Gasteiger partial charge in [-0.2, -0.15) is 0 Å². The maximum atomic E-state index is 13.3. The van der Waals surface area contributed by atoms with Crippen LogP contribution in [0.2, 0.25) is 0 Å². The van der Waals surface area contributed by atoms with E-state index < -0.39 is 0 Å².